The maximum atomic E-state index is 5.94. The molecule has 0 bridgehead atoms. The molecule has 0 fully saturated rings. The summed E-state index contributed by atoms with van der Waals surface area (Å²) >= 11 is 5.08. The van der Waals surface area contributed by atoms with Gasteiger partial charge in [0.2, 0.25) is 0 Å². The lowest BCUT2D eigenvalue weighted by Crippen LogP contribution is -1.90. The summed E-state index contributed by atoms with van der Waals surface area (Å²) in [7, 11) is 0. The molecule has 2 N–H and O–H groups in total. The number of hydrogen-bond donors (Lipinski definition) is 1. The van der Waals surface area contributed by atoms with Crippen LogP contribution in [-0.4, -0.2) is 10.1 Å². The Morgan fingerprint density at radius 1 is 1.14 bits per heavy atom. The zero-order chi connectivity index (χ0) is 14.7. The quantitative estimate of drug-likeness (QED) is 0.551. The minimum Gasteiger partial charge on any atom is -0.398 e. The molecule has 0 aliphatic rings. The molecule has 0 aliphatic carbocycles. The van der Waals surface area contributed by atoms with Crippen molar-refractivity contribution in [1.82, 2.24) is 10.1 Å². The first-order chi connectivity index (χ1) is 10.2. The lowest BCUT2D eigenvalue weighted by molar-refractivity contribution is 0.425. The average molecular weight is 362 g/mol. The Morgan fingerprint density at radius 2 is 1.95 bits per heavy atom. The van der Waals surface area contributed by atoms with Gasteiger partial charge in [-0.3, -0.25) is 0 Å². The number of nitrogen functional groups attached to an aromatic ring is 1. The van der Waals surface area contributed by atoms with Crippen molar-refractivity contribution in [2.45, 2.75) is 10.6 Å². The first-order valence-corrected chi connectivity index (χ1v) is 8.06. The van der Waals surface area contributed by atoms with Gasteiger partial charge in [0.1, 0.15) is 0 Å². The largest absolute Gasteiger partial charge is 0.398 e. The highest BCUT2D eigenvalue weighted by atomic mass is 79.9. The molecule has 0 saturated heterocycles. The van der Waals surface area contributed by atoms with E-state index in [2.05, 4.69) is 38.2 Å². The first kappa shape index (κ1) is 14.2. The highest BCUT2D eigenvalue weighted by Gasteiger charge is 2.12. The molecule has 0 amide bonds. The highest BCUT2D eigenvalue weighted by molar-refractivity contribution is 9.10. The minimum absolute atomic E-state index is 0.442. The number of benzene rings is 2. The number of hydrogen-bond acceptors (Lipinski definition) is 5. The Hall–Kier alpha value is -1.79. The van der Waals surface area contributed by atoms with Crippen LogP contribution in [0.15, 0.2) is 62.4 Å². The summed E-state index contributed by atoms with van der Waals surface area (Å²) in [5, 5.41) is 4.00. The fourth-order valence-electron chi connectivity index (χ4n) is 1.80. The first-order valence-electron chi connectivity index (χ1n) is 6.28. The minimum atomic E-state index is 0.442. The van der Waals surface area contributed by atoms with Crippen LogP contribution in [0, 0.1) is 0 Å². The summed E-state index contributed by atoms with van der Waals surface area (Å²) in [6.07, 6.45) is 0. The molecule has 106 valence electrons. The van der Waals surface area contributed by atoms with E-state index >= 15 is 0 Å². The standard InChI is InChI=1S/C15H12BrN3OS/c16-10-6-7-13(17)12(8-10)15-18-14(19-20-15)9-21-11-4-2-1-3-5-11/h1-8H,9,17H2. The van der Waals surface area contributed by atoms with Gasteiger partial charge in [0.15, 0.2) is 5.82 Å². The second-order valence-corrected chi connectivity index (χ2v) is 6.31. The summed E-state index contributed by atoms with van der Waals surface area (Å²) in [5.74, 6) is 1.75. The number of aromatic nitrogens is 2. The molecule has 0 atom stereocenters. The van der Waals surface area contributed by atoms with E-state index in [0.29, 0.717) is 23.2 Å². The van der Waals surface area contributed by atoms with Crippen molar-refractivity contribution in [3.05, 3.63) is 58.8 Å². The van der Waals surface area contributed by atoms with Crippen LogP contribution in [0.2, 0.25) is 0 Å². The maximum absolute atomic E-state index is 5.94. The average Bonchev–Trinajstić information content (AvgIpc) is 2.97. The van der Waals surface area contributed by atoms with Gasteiger partial charge in [-0.25, -0.2) is 0 Å². The molecule has 3 aromatic rings. The van der Waals surface area contributed by atoms with E-state index in [1.54, 1.807) is 11.8 Å². The smallest absolute Gasteiger partial charge is 0.260 e. The third-order valence-electron chi connectivity index (χ3n) is 2.82. The van der Waals surface area contributed by atoms with E-state index < -0.39 is 0 Å². The highest BCUT2D eigenvalue weighted by Crippen LogP contribution is 2.28. The number of thioether (sulfide) groups is 1. The van der Waals surface area contributed by atoms with E-state index in [1.807, 2.05) is 36.4 Å². The second kappa shape index (κ2) is 6.32. The van der Waals surface area contributed by atoms with Gasteiger partial charge in [0, 0.05) is 15.1 Å². The maximum Gasteiger partial charge on any atom is 0.260 e. The molecular formula is C15H12BrN3OS. The van der Waals surface area contributed by atoms with E-state index in [9.17, 15) is 0 Å². The Kier molecular flexibility index (Phi) is 4.26. The Balaban J connectivity index is 1.76. The van der Waals surface area contributed by atoms with Crippen molar-refractivity contribution in [3.63, 3.8) is 0 Å². The summed E-state index contributed by atoms with van der Waals surface area (Å²) in [5.41, 5.74) is 7.30. The number of anilines is 1. The summed E-state index contributed by atoms with van der Waals surface area (Å²) < 4.78 is 6.22. The Bertz CT molecular complexity index is 746. The van der Waals surface area contributed by atoms with E-state index in [-0.39, 0.29) is 0 Å². The Morgan fingerprint density at radius 3 is 2.76 bits per heavy atom. The van der Waals surface area contributed by atoms with Gasteiger partial charge in [-0.2, -0.15) is 4.98 Å². The van der Waals surface area contributed by atoms with Crippen molar-refractivity contribution in [1.29, 1.82) is 0 Å². The molecule has 0 spiro atoms. The third-order valence-corrected chi connectivity index (χ3v) is 4.33. The molecule has 0 unspecified atom stereocenters. The van der Waals surface area contributed by atoms with Gasteiger partial charge >= 0.3 is 0 Å². The summed E-state index contributed by atoms with van der Waals surface area (Å²) in [6.45, 7) is 0. The van der Waals surface area contributed by atoms with Crippen LogP contribution >= 0.6 is 27.7 Å². The normalized spacial score (nSPS) is 10.7. The topological polar surface area (TPSA) is 64.9 Å². The van der Waals surface area contributed by atoms with Crippen LogP contribution < -0.4 is 5.73 Å². The zero-order valence-electron chi connectivity index (χ0n) is 11.0. The van der Waals surface area contributed by atoms with E-state index in [0.717, 1.165) is 10.0 Å². The van der Waals surface area contributed by atoms with Gasteiger partial charge in [0.25, 0.3) is 5.89 Å². The predicted molar refractivity (Wildman–Crippen MR) is 87.8 cm³/mol. The van der Waals surface area contributed by atoms with Crippen LogP contribution in [0.3, 0.4) is 0 Å². The SMILES string of the molecule is Nc1ccc(Br)cc1-c1nc(CSc2ccccc2)no1. The van der Waals surface area contributed by atoms with Crippen molar-refractivity contribution in [3.8, 4) is 11.5 Å². The van der Waals surface area contributed by atoms with E-state index in [1.165, 1.54) is 4.90 Å². The third kappa shape index (κ3) is 3.46. The van der Waals surface area contributed by atoms with Crippen LogP contribution in [0.4, 0.5) is 5.69 Å². The fraction of sp³-hybridized carbons (Fsp3) is 0.0667. The molecule has 3 rings (SSSR count). The lowest BCUT2D eigenvalue weighted by Gasteiger charge is -2.00. The molecule has 4 nitrogen and oxygen atoms in total. The molecule has 1 heterocycles. The molecule has 0 saturated carbocycles. The number of rotatable bonds is 4. The molecule has 0 aliphatic heterocycles. The van der Waals surface area contributed by atoms with Gasteiger partial charge in [-0.15, -0.1) is 11.8 Å². The van der Waals surface area contributed by atoms with E-state index in [4.69, 9.17) is 10.3 Å². The molecule has 2 aromatic carbocycles. The molecular weight excluding hydrogens is 350 g/mol. The van der Waals surface area contributed by atoms with Gasteiger partial charge in [0.05, 0.1) is 11.3 Å². The molecule has 6 heteroatoms. The molecule has 0 radical (unpaired) electrons. The fourth-order valence-corrected chi connectivity index (χ4v) is 2.92. The van der Waals surface area contributed by atoms with Crippen molar-refractivity contribution in [2.75, 3.05) is 5.73 Å². The molecule has 1 aromatic heterocycles. The number of halogens is 1. The van der Waals surface area contributed by atoms with Crippen LogP contribution in [0.25, 0.3) is 11.5 Å². The van der Waals surface area contributed by atoms with Crippen molar-refractivity contribution < 1.29 is 4.52 Å². The van der Waals surface area contributed by atoms with Crippen molar-refractivity contribution in [2.24, 2.45) is 0 Å². The van der Waals surface area contributed by atoms with Gasteiger partial charge < -0.3 is 10.3 Å². The Labute approximate surface area is 134 Å². The van der Waals surface area contributed by atoms with Crippen LogP contribution in [-0.2, 0) is 5.75 Å². The summed E-state index contributed by atoms with van der Waals surface area (Å²) in [6, 6.07) is 15.7. The molecule has 21 heavy (non-hydrogen) atoms. The van der Waals surface area contributed by atoms with Crippen molar-refractivity contribution >= 4 is 33.4 Å². The zero-order valence-corrected chi connectivity index (χ0v) is 13.4. The van der Waals surface area contributed by atoms with Gasteiger partial charge in [-0.1, -0.05) is 39.3 Å². The second-order valence-electron chi connectivity index (χ2n) is 4.35. The van der Waals surface area contributed by atoms with Gasteiger partial charge in [-0.05, 0) is 30.3 Å². The number of nitrogens with two attached hydrogens (primary N) is 1. The predicted octanol–water partition coefficient (Wildman–Crippen LogP) is 4.37. The monoisotopic (exact) mass is 361 g/mol. The summed E-state index contributed by atoms with van der Waals surface area (Å²) in [4.78, 5) is 5.57. The van der Waals surface area contributed by atoms with Crippen LogP contribution in [0.1, 0.15) is 5.82 Å². The van der Waals surface area contributed by atoms with Crippen LogP contribution in [0.5, 0.6) is 0 Å². The lowest BCUT2D eigenvalue weighted by atomic mass is 10.2. The number of nitrogens with zero attached hydrogens (tertiary/aromatic N) is 2.